The second-order valence-electron chi connectivity index (χ2n) is 5.85. The number of benzene rings is 3. The minimum absolute atomic E-state index is 0.0608. The van der Waals surface area contributed by atoms with Crippen LogP contribution in [0.2, 0.25) is 0 Å². The molecule has 1 aliphatic heterocycles. The summed E-state index contributed by atoms with van der Waals surface area (Å²) in [6.07, 6.45) is 0. The lowest BCUT2D eigenvalue weighted by Crippen LogP contribution is -2.49. The average Bonchev–Trinajstić information content (AvgIpc) is 3.10. The summed E-state index contributed by atoms with van der Waals surface area (Å²) in [5.74, 6) is 0. The van der Waals surface area contributed by atoms with Crippen molar-refractivity contribution in [2.24, 2.45) is 0 Å². The molecule has 0 saturated carbocycles. The van der Waals surface area contributed by atoms with Crippen molar-refractivity contribution < 1.29 is 0 Å². The first-order chi connectivity index (χ1) is 11.4. The molecule has 0 unspecified atom stereocenters. The van der Waals surface area contributed by atoms with E-state index in [1.165, 1.54) is 5.46 Å². The van der Waals surface area contributed by atoms with Gasteiger partial charge in [0.25, 0.3) is 5.56 Å². The highest BCUT2D eigenvalue weighted by atomic mass is 16.1. The van der Waals surface area contributed by atoms with Gasteiger partial charge >= 0.3 is 6.85 Å². The van der Waals surface area contributed by atoms with E-state index < -0.39 is 0 Å². The fourth-order valence-corrected chi connectivity index (χ4v) is 3.65. The second kappa shape index (κ2) is 4.49. The molecule has 4 aromatic rings. The Bertz CT molecular complexity index is 1100. The Labute approximate surface area is 133 Å². The maximum Gasteiger partial charge on any atom is 0.353 e. The molecule has 5 rings (SSSR count). The number of hydrogen-bond donors (Lipinski definition) is 0. The highest BCUT2D eigenvalue weighted by Gasteiger charge is 2.36. The molecule has 0 radical (unpaired) electrons. The van der Waals surface area contributed by atoms with Crippen molar-refractivity contribution >= 4 is 28.7 Å². The van der Waals surface area contributed by atoms with Crippen molar-refractivity contribution in [2.75, 3.05) is 0 Å². The zero-order chi connectivity index (χ0) is 15.4. The summed E-state index contributed by atoms with van der Waals surface area (Å²) in [6.45, 7) is -0.0766. The highest BCUT2D eigenvalue weighted by molar-refractivity contribution is 6.85. The second-order valence-corrected chi connectivity index (χ2v) is 5.85. The highest BCUT2D eigenvalue weighted by Crippen LogP contribution is 2.21. The SMILES string of the molecule is O=c1c2ccccc2n2n1B(c1ccccc1)c1ccccc1-2. The van der Waals surface area contributed by atoms with E-state index in [-0.39, 0.29) is 12.4 Å². The van der Waals surface area contributed by atoms with E-state index in [1.54, 1.807) is 0 Å². The van der Waals surface area contributed by atoms with Crippen molar-refractivity contribution in [1.82, 2.24) is 9.27 Å². The minimum Gasteiger partial charge on any atom is -0.281 e. The predicted octanol–water partition coefficient (Wildman–Crippen LogP) is 1.76. The summed E-state index contributed by atoms with van der Waals surface area (Å²) in [4.78, 5) is 13.0. The third-order valence-corrected chi connectivity index (χ3v) is 4.61. The number of hydrogen-bond acceptors (Lipinski definition) is 1. The summed E-state index contributed by atoms with van der Waals surface area (Å²) in [7, 11) is 0. The largest absolute Gasteiger partial charge is 0.353 e. The first kappa shape index (κ1) is 12.5. The minimum atomic E-state index is -0.0766. The monoisotopic (exact) mass is 296 g/mol. The summed E-state index contributed by atoms with van der Waals surface area (Å²) >= 11 is 0. The zero-order valence-corrected chi connectivity index (χ0v) is 12.4. The van der Waals surface area contributed by atoms with E-state index in [9.17, 15) is 4.79 Å². The molecular weight excluding hydrogens is 283 g/mol. The van der Waals surface area contributed by atoms with Crippen LogP contribution in [0.1, 0.15) is 0 Å². The van der Waals surface area contributed by atoms with Gasteiger partial charge in [-0.15, -0.1) is 0 Å². The van der Waals surface area contributed by atoms with Crippen LogP contribution < -0.4 is 16.5 Å². The number of nitrogens with zero attached hydrogens (tertiary/aromatic N) is 2. The van der Waals surface area contributed by atoms with E-state index in [0.717, 1.165) is 22.1 Å². The molecule has 3 aromatic carbocycles. The third-order valence-electron chi connectivity index (χ3n) is 4.61. The van der Waals surface area contributed by atoms with Gasteiger partial charge in [0.05, 0.1) is 16.6 Å². The summed E-state index contributed by atoms with van der Waals surface area (Å²) in [6, 6.07) is 26.3. The first-order valence-electron chi connectivity index (χ1n) is 7.73. The van der Waals surface area contributed by atoms with Crippen LogP contribution in [0, 0.1) is 0 Å². The number of aromatic nitrogens is 2. The lowest BCUT2D eigenvalue weighted by molar-refractivity contribution is 0.830. The van der Waals surface area contributed by atoms with Crippen molar-refractivity contribution in [3.05, 3.63) is 89.2 Å². The average molecular weight is 296 g/mol. The molecule has 0 N–H and O–H groups in total. The van der Waals surface area contributed by atoms with Crippen LogP contribution in [0.4, 0.5) is 0 Å². The molecule has 0 bridgehead atoms. The van der Waals surface area contributed by atoms with E-state index in [4.69, 9.17) is 0 Å². The van der Waals surface area contributed by atoms with E-state index in [1.807, 2.05) is 59.2 Å². The van der Waals surface area contributed by atoms with Crippen LogP contribution in [0.15, 0.2) is 83.7 Å². The Morgan fingerprint density at radius 1 is 0.739 bits per heavy atom. The van der Waals surface area contributed by atoms with Gasteiger partial charge in [0, 0.05) is 0 Å². The number of para-hydroxylation sites is 2. The van der Waals surface area contributed by atoms with Crippen molar-refractivity contribution in [3.63, 3.8) is 0 Å². The smallest absolute Gasteiger partial charge is 0.281 e. The zero-order valence-electron chi connectivity index (χ0n) is 12.4. The van der Waals surface area contributed by atoms with Crippen molar-refractivity contribution in [3.8, 4) is 5.69 Å². The molecule has 0 saturated heterocycles. The third kappa shape index (κ3) is 1.58. The molecule has 1 aromatic heterocycles. The molecule has 0 aliphatic carbocycles. The van der Waals surface area contributed by atoms with Gasteiger partial charge in [0.15, 0.2) is 0 Å². The normalized spacial score (nSPS) is 12.4. The lowest BCUT2D eigenvalue weighted by Gasteiger charge is -2.09. The summed E-state index contributed by atoms with van der Waals surface area (Å²) < 4.78 is 3.94. The topological polar surface area (TPSA) is 26.9 Å². The van der Waals surface area contributed by atoms with Crippen LogP contribution in [0.3, 0.4) is 0 Å². The van der Waals surface area contributed by atoms with Crippen LogP contribution >= 0.6 is 0 Å². The molecule has 0 spiro atoms. The van der Waals surface area contributed by atoms with Gasteiger partial charge < -0.3 is 0 Å². The van der Waals surface area contributed by atoms with Crippen LogP contribution in [-0.4, -0.2) is 16.1 Å². The lowest BCUT2D eigenvalue weighted by atomic mass is 9.51. The summed E-state index contributed by atoms with van der Waals surface area (Å²) in [5.41, 5.74) is 4.40. The molecule has 0 fully saturated rings. The summed E-state index contributed by atoms with van der Waals surface area (Å²) in [5, 5.41) is 0.767. The Balaban J connectivity index is 1.95. The van der Waals surface area contributed by atoms with E-state index in [0.29, 0.717) is 0 Å². The van der Waals surface area contributed by atoms with Crippen LogP contribution in [0.5, 0.6) is 0 Å². The standard InChI is InChI=1S/C19H13BN2O/c23-19-15-10-4-6-12-17(15)21-18-13-7-5-11-16(18)20(22(19)21)14-8-2-1-3-9-14/h1-13H. The maximum atomic E-state index is 13.0. The van der Waals surface area contributed by atoms with Crippen LogP contribution in [0.25, 0.3) is 16.6 Å². The van der Waals surface area contributed by atoms with Crippen molar-refractivity contribution in [1.29, 1.82) is 0 Å². The Kier molecular flexibility index (Phi) is 2.45. The molecule has 4 heteroatoms. The maximum absolute atomic E-state index is 13.0. The molecule has 2 heterocycles. The first-order valence-corrected chi connectivity index (χ1v) is 7.73. The van der Waals surface area contributed by atoms with Gasteiger partial charge in [-0.3, -0.25) is 14.1 Å². The Morgan fingerprint density at radius 2 is 1.43 bits per heavy atom. The van der Waals surface area contributed by atoms with Gasteiger partial charge in [-0.05, 0) is 29.1 Å². The molecule has 0 amide bonds. The number of fused-ring (bicyclic) bond motifs is 5. The van der Waals surface area contributed by atoms with Gasteiger partial charge in [-0.25, -0.2) is 0 Å². The molecule has 0 atom stereocenters. The fourth-order valence-electron chi connectivity index (χ4n) is 3.65. The predicted molar refractivity (Wildman–Crippen MR) is 94.4 cm³/mol. The van der Waals surface area contributed by atoms with Gasteiger partial charge in [0.1, 0.15) is 0 Å². The Morgan fingerprint density at radius 3 is 2.30 bits per heavy atom. The molecule has 23 heavy (non-hydrogen) atoms. The van der Waals surface area contributed by atoms with Gasteiger partial charge in [-0.2, -0.15) is 0 Å². The van der Waals surface area contributed by atoms with E-state index in [2.05, 4.69) is 28.9 Å². The number of rotatable bonds is 1. The van der Waals surface area contributed by atoms with Gasteiger partial charge in [0.2, 0.25) is 0 Å². The fraction of sp³-hybridized carbons (Fsp3) is 0. The molecular formula is C19H13BN2O. The van der Waals surface area contributed by atoms with Crippen molar-refractivity contribution in [2.45, 2.75) is 0 Å². The quantitative estimate of drug-likeness (QED) is 0.433. The Hall–Kier alpha value is -3.01. The van der Waals surface area contributed by atoms with E-state index >= 15 is 0 Å². The molecule has 3 nitrogen and oxygen atoms in total. The van der Waals surface area contributed by atoms with Crippen LogP contribution in [-0.2, 0) is 0 Å². The molecule has 108 valence electrons. The van der Waals surface area contributed by atoms with Gasteiger partial charge in [-0.1, -0.05) is 60.7 Å². The molecule has 1 aliphatic rings.